The van der Waals surface area contributed by atoms with Gasteiger partial charge in [-0.1, -0.05) is 11.6 Å². The molecule has 1 heterocycles. The van der Waals surface area contributed by atoms with E-state index in [2.05, 4.69) is 15.3 Å². The van der Waals surface area contributed by atoms with Crippen LogP contribution in [0.4, 0.5) is 10.1 Å². The average molecular weight is 360 g/mol. The Labute approximate surface area is 146 Å². The van der Waals surface area contributed by atoms with Gasteiger partial charge in [-0.3, -0.25) is 14.8 Å². The molecule has 8 heteroatoms. The molecule has 1 aromatic heterocycles. The van der Waals surface area contributed by atoms with Gasteiger partial charge in [0.15, 0.2) is 6.61 Å². The minimum absolute atomic E-state index is 0.118. The summed E-state index contributed by atoms with van der Waals surface area (Å²) < 4.78 is 18.0. The van der Waals surface area contributed by atoms with E-state index in [4.69, 9.17) is 16.3 Å². The Kier molecular flexibility index (Phi) is 4.85. The molecule has 0 aliphatic heterocycles. The molecule has 0 unspecified atom stereocenters. The average Bonchev–Trinajstić information content (AvgIpc) is 2.62. The fourth-order valence-electron chi connectivity index (χ4n) is 2.08. The van der Waals surface area contributed by atoms with Gasteiger partial charge in [-0.25, -0.2) is 9.18 Å². The van der Waals surface area contributed by atoms with Crippen molar-refractivity contribution < 1.29 is 18.7 Å². The van der Waals surface area contributed by atoms with Crippen molar-refractivity contribution in [3.8, 4) is 0 Å². The molecule has 126 valence electrons. The molecular weight excluding hydrogens is 349 g/mol. The quantitative estimate of drug-likeness (QED) is 0.723. The summed E-state index contributed by atoms with van der Waals surface area (Å²) >= 11 is 5.63. The smallest absolute Gasteiger partial charge is 0.338 e. The number of amides is 1. The number of halogens is 2. The lowest BCUT2D eigenvalue weighted by Crippen LogP contribution is -2.21. The lowest BCUT2D eigenvalue weighted by molar-refractivity contribution is -0.119. The van der Waals surface area contributed by atoms with Gasteiger partial charge in [-0.05, 0) is 36.4 Å². The van der Waals surface area contributed by atoms with E-state index in [0.717, 1.165) is 6.07 Å². The number of fused-ring (bicyclic) bond motifs is 1. The lowest BCUT2D eigenvalue weighted by Gasteiger charge is -2.07. The summed E-state index contributed by atoms with van der Waals surface area (Å²) in [6, 6.07) is 8.44. The van der Waals surface area contributed by atoms with E-state index in [1.165, 1.54) is 30.5 Å². The molecule has 0 saturated carbocycles. The van der Waals surface area contributed by atoms with Crippen molar-refractivity contribution >= 4 is 40.2 Å². The number of rotatable bonds is 4. The zero-order valence-corrected chi connectivity index (χ0v) is 13.5. The van der Waals surface area contributed by atoms with Crippen LogP contribution in [0.3, 0.4) is 0 Å². The molecule has 0 bridgehead atoms. The van der Waals surface area contributed by atoms with Crippen molar-refractivity contribution in [1.82, 2.24) is 9.97 Å². The van der Waals surface area contributed by atoms with Gasteiger partial charge in [0.1, 0.15) is 5.82 Å². The third-order valence-corrected chi connectivity index (χ3v) is 3.53. The molecule has 0 atom stereocenters. The standard InChI is InChI=1S/C17H11ClFN3O3/c18-12-8-11(2-3-13(12)19)22-16(23)9-25-17(24)10-1-4-14-15(7-10)21-6-5-20-14/h1-8H,9H2,(H,22,23). The number of aromatic nitrogens is 2. The fraction of sp³-hybridized carbons (Fsp3) is 0.0588. The maximum Gasteiger partial charge on any atom is 0.338 e. The Morgan fingerprint density at radius 2 is 1.84 bits per heavy atom. The van der Waals surface area contributed by atoms with Crippen LogP contribution in [-0.4, -0.2) is 28.5 Å². The number of benzene rings is 2. The normalized spacial score (nSPS) is 10.5. The summed E-state index contributed by atoms with van der Waals surface area (Å²) in [7, 11) is 0. The van der Waals surface area contributed by atoms with E-state index in [9.17, 15) is 14.0 Å². The van der Waals surface area contributed by atoms with Crippen LogP contribution in [0.2, 0.25) is 5.02 Å². The van der Waals surface area contributed by atoms with Crippen LogP contribution < -0.4 is 5.32 Å². The van der Waals surface area contributed by atoms with E-state index in [1.54, 1.807) is 12.3 Å². The molecular formula is C17H11ClFN3O3. The van der Waals surface area contributed by atoms with Gasteiger partial charge >= 0.3 is 5.97 Å². The van der Waals surface area contributed by atoms with E-state index in [1.807, 2.05) is 0 Å². The summed E-state index contributed by atoms with van der Waals surface area (Å²) in [5.74, 6) is -1.83. The van der Waals surface area contributed by atoms with Gasteiger partial charge in [0.05, 0.1) is 21.6 Å². The highest BCUT2D eigenvalue weighted by atomic mass is 35.5. The zero-order chi connectivity index (χ0) is 17.8. The number of nitrogens with zero attached hydrogens (tertiary/aromatic N) is 2. The molecule has 0 aliphatic rings. The predicted octanol–water partition coefficient (Wildman–Crippen LogP) is 3.22. The van der Waals surface area contributed by atoms with E-state index in [0.29, 0.717) is 16.7 Å². The van der Waals surface area contributed by atoms with Crippen LogP contribution in [0.5, 0.6) is 0 Å². The van der Waals surface area contributed by atoms with Gasteiger partial charge in [0, 0.05) is 18.1 Å². The maximum absolute atomic E-state index is 13.1. The lowest BCUT2D eigenvalue weighted by atomic mass is 10.2. The Bertz CT molecular complexity index is 965. The number of anilines is 1. The predicted molar refractivity (Wildman–Crippen MR) is 89.9 cm³/mol. The van der Waals surface area contributed by atoms with Crippen LogP contribution in [0, 0.1) is 5.82 Å². The van der Waals surface area contributed by atoms with Crippen LogP contribution >= 0.6 is 11.6 Å². The zero-order valence-electron chi connectivity index (χ0n) is 12.7. The second-order valence-electron chi connectivity index (χ2n) is 5.01. The van der Waals surface area contributed by atoms with Gasteiger partial charge in [-0.2, -0.15) is 0 Å². The van der Waals surface area contributed by atoms with E-state index >= 15 is 0 Å². The summed E-state index contributed by atoms with van der Waals surface area (Å²) in [5, 5.41) is 2.34. The molecule has 3 aromatic rings. The summed E-state index contributed by atoms with van der Waals surface area (Å²) in [6.45, 7) is -0.494. The van der Waals surface area contributed by atoms with Crippen molar-refractivity contribution in [3.05, 3.63) is 65.2 Å². The minimum Gasteiger partial charge on any atom is -0.452 e. The van der Waals surface area contributed by atoms with Crippen molar-refractivity contribution in [2.24, 2.45) is 0 Å². The summed E-state index contributed by atoms with van der Waals surface area (Å²) in [4.78, 5) is 32.0. The van der Waals surface area contributed by atoms with Gasteiger partial charge in [-0.15, -0.1) is 0 Å². The molecule has 2 aromatic carbocycles. The fourth-order valence-corrected chi connectivity index (χ4v) is 2.26. The number of hydrogen-bond acceptors (Lipinski definition) is 5. The van der Waals surface area contributed by atoms with Crippen molar-refractivity contribution in [3.63, 3.8) is 0 Å². The molecule has 0 saturated heterocycles. The van der Waals surface area contributed by atoms with Crippen LogP contribution in [0.15, 0.2) is 48.8 Å². The minimum atomic E-state index is -0.667. The SMILES string of the molecule is O=C(COC(=O)c1ccc2nccnc2c1)Nc1ccc(F)c(Cl)c1. The number of hydrogen-bond donors (Lipinski definition) is 1. The molecule has 6 nitrogen and oxygen atoms in total. The number of esters is 1. The maximum atomic E-state index is 13.1. The Balaban J connectivity index is 1.60. The first kappa shape index (κ1) is 16.8. The van der Waals surface area contributed by atoms with Crippen molar-refractivity contribution in [2.45, 2.75) is 0 Å². The molecule has 3 rings (SSSR count). The Morgan fingerprint density at radius 1 is 1.08 bits per heavy atom. The first-order chi connectivity index (χ1) is 12.0. The second-order valence-corrected chi connectivity index (χ2v) is 5.42. The van der Waals surface area contributed by atoms with E-state index < -0.39 is 24.3 Å². The van der Waals surface area contributed by atoms with Crippen LogP contribution in [0.25, 0.3) is 11.0 Å². The number of carbonyl (C=O) groups is 2. The first-order valence-electron chi connectivity index (χ1n) is 7.16. The molecule has 0 spiro atoms. The monoisotopic (exact) mass is 359 g/mol. The Hall–Kier alpha value is -3.06. The summed E-state index contributed by atoms with van der Waals surface area (Å²) in [5.41, 5.74) is 1.74. The highest BCUT2D eigenvalue weighted by molar-refractivity contribution is 6.31. The van der Waals surface area contributed by atoms with Gasteiger partial charge in [0.25, 0.3) is 5.91 Å². The van der Waals surface area contributed by atoms with Crippen molar-refractivity contribution in [2.75, 3.05) is 11.9 Å². The molecule has 0 radical (unpaired) electrons. The van der Waals surface area contributed by atoms with Crippen LogP contribution in [0.1, 0.15) is 10.4 Å². The van der Waals surface area contributed by atoms with Crippen molar-refractivity contribution in [1.29, 1.82) is 0 Å². The van der Waals surface area contributed by atoms with Crippen LogP contribution in [-0.2, 0) is 9.53 Å². The third-order valence-electron chi connectivity index (χ3n) is 3.24. The van der Waals surface area contributed by atoms with Gasteiger partial charge in [0.2, 0.25) is 0 Å². The molecule has 25 heavy (non-hydrogen) atoms. The third kappa shape index (κ3) is 4.07. The molecule has 1 N–H and O–H groups in total. The highest BCUT2D eigenvalue weighted by Crippen LogP contribution is 2.19. The first-order valence-corrected chi connectivity index (χ1v) is 7.53. The van der Waals surface area contributed by atoms with E-state index in [-0.39, 0.29) is 10.6 Å². The summed E-state index contributed by atoms with van der Waals surface area (Å²) in [6.07, 6.45) is 3.06. The second kappa shape index (κ2) is 7.23. The number of carbonyl (C=O) groups excluding carboxylic acids is 2. The van der Waals surface area contributed by atoms with Gasteiger partial charge < -0.3 is 10.1 Å². The highest BCUT2D eigenvalue weighted by Gasteiger charge is 2.12. The largest absolute Gasteiger partial charge is 0.452 e. The Morgan fingerprint density at radius 3 is 2.60 bits per heavy atom. The number of nitrogens with one attached hydrogen (secondary N) is 1. The molecule has 0 aliphatic carbocycles. The molecule has 1 amide bonds. The topological polar surface area (TPSA) is 81.2 Å². The number of ether oxygens (including phenoxy) is 1. The molecule has 0 fully saturated rings.